The van der Waals surface area contributed by atoms with Crippen molar-refractivity contribution in [1.82, 2.24) is 0 Å². The second-order valence-electron chi connectivity index (χ2n) is 6.12. The predicted molar refractivity (Wildman–Crippen MR) is 75.1 cm³/mol. The zero-order valence-corrected chi connectivity index (χ0v) is 11.5. The average molecular weight is 230 g/mol. The van der Waals surface area contributed by atoms with E-state index in [-0.39, 0.29) is 0 Å². The summed E-state index contributed by atoms with van der Waals surface area (Å²) in [6.07, 6.45) is 5.75. The molecular formula is C17H26. The first-order chi connectivity index (χ1) is 8.18. The minimum absolute atomic E-state index is 0.740. The zero-order valence-electron chi connectivity index (χ0n) is 11.5. The van der Waals surface area contributed by atoms with Crippen molar-refractivity contribution in [2.45, 2.75) is 52.4 Å². The van der Waals surface area contributed by atoms with Crippen LogP contribution in [-0.4, -0.2) is 0 Å². The third-order valence-corrected chi connectivity index (χ3v) is 4.79. The summed E-state index contributed by atoms with van der Waals surface area (Å²) in [7, 11) is 0. The molecule has 0 radical (unpaired) electrons. The second-order valence-corrected chi connectivity index (χ2v) is 6.12. The van der Waals surface area contributed by atoms with E-state index in [1.54, 1.807) is 0 Å². The van der Waals surface area contributed by atoms with Gasteiger partial charge in [-0.25, -0.2) is 0 Å². The quantitative estimate of drug-likeness (QED) is 0.665. The van der Waals surface area contributed by atoms with Gasteiger partial charge in [0.2, 0.25) is 0 Å². The molecule has 94 valence electrons. The predicted octanol–water partition coefficient (Wildman–Crippen LogP) is 5.25. The van der Waals surface area contributed by atoms with Crippen LogP contribution < -0.4 is 0 Å². The minimum Gasteiger partial charge on any atom is -0.0625 e. The van der Waals surface area contributed by atoms with Crippen LogP contribution in [0.4, 0.5) is 0 Å². The molecule has 1 aliphatic rings. The van der Waals surface area contributed by atoms with E-state index >= 15 is 0 Å². The Morgan fingerprint density at radius 1 is 0.824 bits per heavy atom. The van der Waals surface area contributed by atoms with Gasteiger partial charge in [-0.1, -0.05) is 51.1 Å². The van der Waals surface area contributed by atoms with Crippen molar-refractivity contribution in [3.8, 4) is 0 Å². The maximum atomic E-state index is 2.41. The van der Waals surface area contributed by atoms with Crippen LogP contribution in [0.1, 0.15) is 57.9 Å². The summed E-state index contributed by atoms with van der Waals surface area (Å²) >= 11 is 0. The van der Waals surface area contributed by atoms with Gasteiger partial charge in [0.25, 0.3) is 0 Å². The Hall–Kier alpha value is -0.780. The van der Waals surface area contributed by atoms with E-state index in [1.165, 1.54) is 31.2 Å². The first-order valence-electron chi connectivity index (χ1n) is 7.23. The van der Waals surface area contributed by atoms with Crippen LogP contribution in [0, 0.1) is 17.8 Å². The summed E-state index contributed by atoms with van der Waals surface area (Å²) in [4.78, 5) is 0. The van der Waals surface area contributed by atoms with E-state index in [1.807, 2.05) is 0 Å². The van der Waals surface area contributed by atoms with Crippen molar-refractivity contribution in [3.05, 3.63) is 35.9 Å². The van der Waals surface area contributed by atoms with Gasteiger partial charge >= 0.3 is 0 Å². The molecule has 0 saturated heterocycles. The second kappa shape index (κ2) is 5.71. The van der Waals surface area contributed by atoms with Crippen molar-refractivity contribution in [3.63, 3.8) is 0 Å². The van der Waals surface area contributed by atoms with Gasteiger partial charge in [-0.3, -0.25) is 0 Å². The molecule has 0 spiro atoms. The first kappa shape index (κ1) is 12.7. The van der Waals surface area contributed by atoms with Crippen LogP contribution in [-0.2, 0) is 0 Å². The Labute approximate surface area is 106 Å². The van der Waals surface area contributed by atoms with Gasteiger partial charge in [0.1, 0.15) is 0 Å². The van der Waals surface area contributed by atoms with E-state index in [0.717, 1.165) is 23.7 Å². The fraction of sp³-hybridized carbons (Fsp3) is 0.647. The number of benzene rings is 1. The maximum absolute atomic E-state index is 2.41. The molecule has 2 rings (SSSR count). The van der Waals surface area contributed by atoms with E-state index in [2.05, 4.69) is 51.1 Å². The molecule has 1 fully saturated rings. The van der Waals surface area contributed by atoms with Crippen molar-refractivity contribution < 1.29 is 0 Å². The molecule has 0 aromatic heterocycles. The molecule has 0 heterocycles. The Bertz CT molecular complexity index is 317. The highest BCUT2D eigenvalue weighted by molar-refractivity contribution is 5.19. The SMILES string of the molecule is CC(C)C1CCC(C(C)c2ccccc2)CC1. The molecule has 0 aliphatic heterocycles. The number of hydrogen-bond donors (Lipinski definition) is 0. The maximum Gasteiger partial charge on any atom is -0.0162 e. The molecule has 0 heteroatoms. The lowest BCUT2D eigenvalue weighted by molar-refractivity contribution is 0.207. The minimum atomic E-state index is 0.740. The lowest BCUT2D eigenvalue weighted by atomic mass is 9.71. The molecule has 0 N–H and O–H groups in total. The summed E-state index contributed by atoms with van der Waals surface area (Å²) in [6.45, 7) is 7.17. The van der Waals surface area contributed by atoms with Crippen LogP contribution in [0.25, 0.3) is 0 Å². The van der Waals surface area contributed by atoms with Gasteiger partial charge < -0.3 is 0 Å². The molecule has 1 aliphatic carbocycles. The normalized spacial score (nSPS) is 27.1. The highest BCUT2D eigenvalue weighted by atomic mass is 14.3. The van der Waals surface area contributed by atoms with Gasteiger partial charge in [-0.15, -0.1) is 0 Å². The van der Waals surface area contributed by atoms with Crippen LogP contribution in [0.3, 0.4) is 0 Å². The number of rotatable bonds is 3. The molecule has 0 amide bonds. The molecule has 1 aromatic rings. The van der Waals surface area contributed by atoms with Crippen LogP contribution in [0.5, 0.6) is 0 Å². The summed E-state index contributed by atoms with van der Waals surface area (Å²) in [6, 6.07) is 11.0. The summed E-state index contributed by atoms with van der Waals surface area (Å²) in [5.41, 5.74) is 1.53. The standard InChI is InChI=1S/C17H26/c1-13(2)15-9-11-17(12-10-15)14(3)16-7-5-4-6-8-16/h4-8,13-15,17H,9-12H2,1-3H3. The highest BCUT2D eigenvalue weighted by Gasteiger charge is 2.27. The number of hydrogen-bond acceptors (Lipinski definition) is 0. The third-order valence-electron chi connectivity index (χ3n) is 4.79. The molecule has 1 aromatic carbocycles. The van der Waals surface area contributed by atoms with Gasteiger partial charge in [0.15, 0.2) is 0 Å². The highest BCUT2D eigenvalue weighted by Crippen LogP contribution is 2.40. The summed E-state index contributed by atoms with van der Waals surface area (Å²) in [5, 5.41) is 0. The van der Waals surface area contributed by atoms with Crippen LogP contribution in [0.15, 0.2) is 30.3 Å². The van der Waals surface area contributed by atoms with Crippen molar-refractivity contribution in [2.75, 3.05) is 0 Å². The molecule has 0 nitrogen and oxygen atoms in total. The fourth-order valence-corrected chi connectivity index (χ4v) is 3.34. The molecule has 0 bridgehead atoms. The Morgan fingerprint density at radius 2 is 1.35 bits per heavy atom. The smallest absolute Gasteiger partial charge is 0.0162 e. The largest absolute Gasteiger partial charge is 0.0625 e. The average Bonchev–Trinajstić information content (AvgIpc) is 2.39. The van der Waals surface area contributed by atoms with E-state index in [4.69, 9.17) is 0 Å². The molecule has 17 heavy (non-hydrogen) atoms. The molecule has 1 saturated carbocycles. The van der Waals surface area contributed by atoms with Gasteiger partial charge in [-0.05, 0) is 54.9 Å². The fourth-order valence-electron chi connectivity index (χ4n) is 3.34. The first-order valence-corrected chi connectivity index (χ1v) is 7.23. The Kier molecular flexibility index (Phi) is 4.25. The lowest BCUT2D eigenvalue weighted by Gasteiger charge is -2.34. The van der Waals surface area contributed by atoms with Crippen molar-refractivity contribution >= 4 is 0 Å². The topological polar surface area (TPSA) is 0 Å². The van der Waals surface area contributed by atoms with Crippen molar-refractivity contribution in [1.29, 1.82) is 0 Å². The molecule has 1 unspecified atom stereocenters. The monoisotopic (exact) mass is 230 g/mol. The van der Waals surface area contributed by atoms with Crippen molar-refractivity contribution in [2.24, 2.45) is 17.8 Å². The zero-order chi connectivity index (χ0) is 12.3. The Balaban J connectivity index is 1.93. The summed E-state index contributed by atoms with van der Waals surface area (Å²) in [5.74, 6) is 3.51. The lowest BCUT2D eigenvalue weighted by Crippen LogP contribution is -2.21. The van der Waals surface area contributed by atoms with Crippen LogP contribution >= 0.6 is 0 Å². The van der Waals surface area contributed by atoms with Gasteiger partial charge in [0, 0.05) is 0 Å². The van der Waals surface area contributed by atoms with E-state index in [9.17, 15) is 0 Å². The van der Waals surface area contributed by atoms with E-state index < -0.39 is 0 Å². The molecule has 1 atom stereocenters. The third kappa shape index (κ3) is 3.12. The van der Waals surface area contributed by atoms with Gasteiger partial charge in [-0.2, -0.15) is 0 Å². The van der Waals surface area contributed by atoms with Gasteiger partial charge in [0.05, 0.1) is 0 Å². The van der Waals surface area contributed by atoms with E-state index in [0.29, 0.717) is 0 Å². The Morgan fingerprint density at radius 3 is 1.88 bits per heavy atom. The molecular weight excluding hydrogens is 204 g/mol. The van der Waals surface area contributed by atoms with Crippen LogP contribution in [0.2, 0.25) is 0 Å². The summed E-state index contributed by atoms with van der Waals surface area (Å²) < 4.78 is 0.